The first-order valence-electron chi connectivity index (χ1n) is 9.46. The van der Waals surface area contributed by atoms with E-state index in [1.54, 1.807) is 15.6 Å². The van der Waals surface area contributed by atoms with E-state index in [1.807, 2.05) is 50.5 Å². The number of carbonyl (C=O) groups is 1. The molecule has 8 heteroatoms. The number of fused-ring (bicyclic) bond motifs is 1. The quantitative estimate of drug-likeness (QED) is 0.501. The zero-order chi connectivity index (χ0) is 20.1. The molecule has 1 N–H and O–H groups in total. The van der Waals surface area contributed by atoms with Crippen LogP contribution in [0.2, 0.25) is 0 Å². The molecule has 0 spiro atoms. The van der Waals surface area contributed by atoms with Gasteiger partial charge in [0.25, 0.3) is 5.91 Å². The largest absolute Gasteiger partial charge is 0.320 e. The van der Waals surface area contributed by atoms with E-state index in [0.29, 0.717) is 17.2 Å². The molecule has 1 fully saturated rings. The van der Waals surface area contributed by atoms with Gasteiger partial charge < -0.3 is 5.32 Å². The van der Waals surface area contributed by atoms with E-state index in [2.05, 4.69) is 31.4 Å². The van der Waals surface area contributed by atoms with Crippen LogP contribution in [0.5, 0.6) is 0 Å². The van der Waals surface area contributed by atoms with Crippen molar-refractivity contribution in [3.8, 4) is 5.69 Å². The number of anilines is 1. The monoisotopic (exact) mass is 450 g/mol. The van der Waals surface area contributed by atoms with Gasteiger partial charge in [-0.15, -0.1) is 0 Å². The van der Waals surface area contributed by atoms with Gasteiger partial charge in [0.1, 0.15) is 0 Å². The van der Waals surface area contributed by atoms with Crippen molar-refractivity contribution in [1.82, 2.24) is 24.5 Å². The van der Waals surface area contributed by atoms with Crippen LogP contribution in [0.15, 0.2) is 47.2 Å². The number of hydrogen-bond acceptors (Lipinski definition) is 4. The lowest BCUT2D eigenvalue weighted by atomic mass is 10.1. The Balaban J connectivity index is 1.58. The summed E-state index contributed by atoms with van der Waals surface area (Å²) in [4.78, 5) is 18.1. The van der Waals surface area contributed by atoms with Crippen LogP contribution in [0.25, 0.3) is 16.7 Å². The summed E-state index contributed by atoms with van der Waals surface area (Å²) < 4.78 is 4.35. The Hall–Kier alpha value is -3.00. The van der Waals surface area contributed by atoms with Crippen molar-refractivity contribution in [2.24, 2.45) is 7.05 Å². The van der Waals surface area contributed by atoms with Gasteiger partial charge in [-0.1, -0.05) is 12.1 Å². The molecule has 0 atom stereocenters. The van der Waals surface area contributed by atoms with Crippen molar-refractivity contribution in [2.45, 2.75) is 25.7 Å². The average molecular weight is 451 g/mol. The number of aryl methyl sites for hydroxylation is 2. The molecule has 0 saturated heterocycles. The normalized spacial score (nSPS) is 13.8. The third kappa shape index (κ3) is 3.23. The minimum atomic E-state index is -0.172. The highest BCUT2D eigenvalue weighted by molar-refractivity contribution is 9.10. The molecule has 146 valence electrons. The van der Waals surface area contributed by atoms with Gasteiger partial charge in [-0.05, 0) is 53.9 Å². The topological polar surface area (TPSA) is 77.6 Å². The lowest BCUT2D eigenvalue weighted by Crippen LogP contribution is -2.15. The van der Waals surface area contributed by atoms with Gasteiger partial charge in [-0.25, -0.2) is 9.67 Å². The molecule has 7 nitrogen and oxygen atoms in total. The second-order valence-corrected chi connectivity index (χ2v) is 8.27. The first-order chi connectivity index (χ1) is 14.0. The summed E-state index contributed by atoms with van der Waals surface area (Å²) in [5.74, 6) is 0.268. The lowest BCUT2D eigenvalue weighted by Gasteiger charge is -2.12. The lowest BCUT2D eigenvalue weighted by molar-refractivity contribution is 0.102. The van der Waals surface area contributed by atoms with E-state index < -0.39 is 0 Å². The number of para-hydroxylation sites is 2. The second-order valence-electron chi connectivity index (χ2n) is 7.35. The fourth-order valence-electron chi connectivity index (χ4n) is 3.63. The summed E-state index contributed by atoms with van der Waals surface area (Å²) in [6.45, 7) is 1.91. The number of nitrogens with zero attached hydrogens (tertiary/aromatic N) is 5. The van der Waals surface area contributed by atoms with E-state index in [0.717, 1.165) is 45.4 Å². The highest BCUT2D eigenvalue weighted by Gasteiger charge is 2.28. The Morgan fingerprint density at radius 1 is 1.28 bits per heavy atom. The zero-order valence-electron chi connectivity index (χ0n) is 16.1. The number of carbonyl (C=O) groups excluding carboxylic acids is 1. The summed E-state index contributed by atoms with van der Waals surface area (Å²) in [5, 5.41) is 12.7. The van der Waals surface area contributed by atoms with Crippen LogP contribution < -0.4 is 5.32 Å². The number of nitrogens with one attached hydrogen (secondary N) is 1. The second kappa shape index (κ2) is 6.81. The third-order valence-corrected chi connectivity index (χ3v) is 5.59. The molecule has 1 aliphatic carbocycles. The van der Waals surface area contributed by atoms with E-state index in [9.17, 15) is 4.79 Å². The molecule has 0 radical (unpaired) electrons. The van der Waals surface area contributed by atoms with Gasteiger partial charge in [-0.3, -0.25) is 9.48 Å². The SMILES string of the molecule is Cc1nn(C)c2nc(C3CC3)cc(C(=O)Nc3ccccc3-n3cc(Br)cn3)c12. The van der Waals surface area contributed by atoms with Crippen LogP contribution >= 0.6 is 15.9 Å². The Bertz CT molecular complexity index is 1250. The van der Waals surface area contributed by atoms with Crippen LogP contribution in [-0.2, 0) is 7.05 Å². The summed E-state index contributed by atoms with van der Waals surface area (Å²) >= 11 is 3.42. The van der Waals surface area contributed by atoms with Crippen LogP contribution in [0.1, 0.15) is 40.5 Å². The van der Waals surface area contributed by atoms with Gasteiger partial charge in [0.2, 0.25) is 0 Å². The molecule has 0 bridgehead atoms. The van der Waals surface area contributed by atoms with Crippen molar-refractivity contribution in [2.75, 3.05) is 5.32 Å². The number of amides is 1. The number of halogens is 1. The average Bonchev–Trinajstić information content (AvgIpc) is 3.41. The van der Waals surface area contributed by atoms with Gasteiger partial charge in [-0.2, -0.15) is 10.2 Å². The highest BCUT2D eigenvalue weighted by atomic mass is 79.9. The predicted octanol–water partition coefficient (Wildman–Crippen LogP) is 4.35. The highest BCUT2D eigenvalue weighted by Crippen LogP contribution is 2.40. The standard InChI is InChI=1S/C21H19BrN6O/c1-12-19-15(9-17(13-7-8-13)24-20(19)27(2)26-12)21(29)25-16-5-3-4-6-18(16)28-11-14(22)10-23-28/h3-6,9-11,13H,7-8H2,1-2H3,(H,25,29). The molecule has 1 amide bonds. The summed E-state index contributed by atoms with van der Waals surface area (Å²) in [6.07, 6.45) is 5.80. The summed E-state index contributed by atoms with van der Waals surface area (Å²) in [7, 11) is 1.87. The summed E-state index contributed by atoms with van der Waals surface area (Å²) in [5.41, 5.74) is 4.61. The Morgan fingerprint density at radius 3 is 2.79 bits per heavy atom. The molecule has 1 aliphatic rings. The maximum atomic E-state index is 13.4. The Morgan fingerprint density at radius 2 is 2.07 bits per heavy atom. The zero-order valence-corrected chi connectivity index (χ0v) is 17.6. The molecular weight excluding hydrogens is 432 g/mol. The van der Waals surface area contributed by atoms with Gasteiger partial charge in [0, 0.05) is 24.9 Å². The number of hydrogen-bond donors (Lipinski definition) is 1. The first-order valence-corrected chi connectivity index (χ1v) is 10.3. The van der Waals surface area contributed by atoms with Crippen molar-refractivity contribution in [3.05, 3.63) is 64.1 Å². The third-order valence-electron chi connectivity index (χ3n) is 5.18. The van der Waals surface area contributed by atoms with Gasteiger partial charge in [0.05, 0.1) is 38.7 Å². The molecule has 0 aliphatic heterocycles. The Kier molecular flexibility index (Phi) is 4.24. The number of aromatic nitrogens is 5. The molecule has 4 aromatic rings. The summed E-state index contributed by atoms with van der Waals surface area (Å²) in [6, 6.07) is 9.53. The smallest absolute Gasteiger partial charge is 0.256 e. The van der Waals surface area contributed by atoms with Crippen molar-refractivity contribution in [3.63, 3.8) is 0 Å². The maximum absolute atomic E-state index is 13.4. The van der Waals surface area contributed by atoms with Crippen molar-refractivity contribution >= 4 is 38.6 Å². The van der Waals surface area contributed by atoms with Crippen LogP contribution in [0.3, 0.4) is 0 Å². The van der Waals surface area contributed by atoms with E-state index in [-0.39, 0.29) is 5.91 Å². The van der Waals surface area contributed by atoms with Crippen LogP contribution in [-0.4, -0.2) is 30.5 Å². The molecular formula is C21H19BrN6O. The molecule has 3 aromatic heterocycles. The minimum absolute atomic E-state index is 0.172. The van der Waals surface area contributed by atoms with Gasteiger partial charge in [0.15, 0.2) is 5.65 Å². The number of benzene rings is 1. The molecule has 3 heterocycles. The van der Waals surface area contributed by atoms with Crippen LogP contribution in [0.4, 0.5) is 5.69 Å². The molecule has 1 aromatic carbocycles. The van der Waals surface area contributed by atoms with Crippen molar-refractivity contribution < 1.29 is 4.79 Å². The first kappa shape index (κ1) is 18.1. The van der Waals surface area contributed by atoms with Crippen LogP contribution in [0, 0.1) is 6.92 Å². The fraction of sp³-hybridized carbons (Fsp3) is 0.238. The predicted molar refractivity (Wildman–Crippen MR) is 114 cm³/mol. The van der Waals surface area contributed by atoms with E-state index in [1.165, 1.54) is 0 Å². The number of pyridine rings is 1. The van der Waals surface area contributed by atoms with E-state index >= 15 is 0 Å². The molecule has 1 saturated carbocycles. The minimum Gasteiger partial charge on any atom is -0.320 e. The van der Waals surface area contributed by atoms with Gasteiger partial charge >= 0.3 is 0 Å². The number of rotatable bonds is 4. The van der Waals surface area contributed by atoms with Crippen molar-refractivity contribution in [1.29, 1.82) is 0 Å². The molecule has 29 heavy (non-hydrogen) atoms. The Labute approximate surface area is 175 Å². The molecule has 0 unspecified atom stereocenters. The fourth-order valence-corrected chi connectivity index (χ4v) is 3.92. The van der Waals surface area contributed by atoms with E-state index in [4.69, 9.17) is 4.98 Å². The molecule has 5 rings (SSSR count). The maximum Gasteiger partial charge on any atom is 0.256 e.